The Bertz CT molecular complexity index is 844. The van der Waals surface area contributed by atoms with Crippen LogP contribution in [0.5, 0.6) is 0 Å². The third-order valence-electron chi connectivity index (χ3n) is 3.73. The molecule has 0 spiro atoms. The minimum Gasteiger partial charge on any atom is -0.356 e. The summed E-state index contributed by atoms with van der Waals surface area (Å²) in [5.74, 6) is 0.546. The van der Waals surface area contributed by atoms with Crippen LogP contribution in [-0.4, -0.2) is 28.9 Å². The zero-order chi connectivity index (χ0) is 17.6. The van der Waals surface area contributed by atoms with E-state index in [9.17, 15) is 4.39 Å². The molecule has 0 radical (unpaired) electrons. The van der Waals surface area contributed by atoms with Gasteiger partial charge in [0, 0.05) is 35.8 Å². The molecule has 0 atom stereocenters. The van der Waals surface area contributed by atoms with Crippen LogP contribution in [0.15, 0.2) is 45.4 Å². The van der Waals surface area contributed by atoms with Crippen molar-refractivity contribution >= 4 is 38.2 Å². The number of rotatable bonds is 6. The van der Waals surface area contributed by atoms with Crippen molar-refractivity contribution in [2.24, 2.45) is 4.99 Å². The predicted molar refractivity (Wildman–Crippen MR) is 104 cm³/mol. The molecule has 2 aromatic heterocycles. The van der Waals surface area contributed by atoms with Gasteiger partial charge in [-0.2, -0.15) is 0 Å². The molecule has 132 valence electrons. The Hall–Kier alpha value is -1.93. The molecule has 0 aliphatic carbocycles. The zero-order valence-corrected chi connectivity index (χ0v) is 16.2. The summed E-state index contributed by atoms with van der Waals surface area (Å²) in [4.78, 5) is 9.71. The standard InChI is InChI=1S/C17H19BrFN5S/c1-20-16(22-10-14-11-24-7-8-25-17(24)23-14)21-6-2-3-12-4-5-13(18)9-15(12)19/h4-5,7-9,11H,2-3,6,10H2,1H3,(H2,20,21,22). The Morgan fingerprint density at radius 2 is 2.28 bits per heavy atom. The summed E-state index contributed by atoms with van der Waals surface area (Å²) in [5, 5.41) is 8.49. The first-order valence-electron chi connectivity index (χ1n) is 7.95. The molecular formula is C17H19BrFN5S. The summed E-state index contributed by atoms with van der Waals surface area (Å²) < 4.78 is 16.5. The molecule has 3 aromatic rings. The molecule has 0 saturated carbocycles. The minimum atomic E-state index is -0.170. The third kappa shape index (κ3) is 4.79. The first-order valence-corrected chi connectivity index (χ1v) is 9.62. The summed E-state index contributed by atoms with van der Waals surface area (Å²) in [7, 11) is 1.73. The van der Waals surface area contributed by atoms with Gasteiger partial charge in [-0.3, -0.25) is 9.39 Å². The summed E-state index contributed by atoms with van der Waals surface area (Å²) in [6.07, 6.45) is 5.49. The van der Waals surface area contributed by atoms with E-state index in [-0.39, 0.29) is 5.82 Å². The Morgan fingerprint density at radius 1 is 1.40 bits per heavy atom. The molecule has 0 saturated heterocycles. The van der Waals surface area contributed by atoms with Crippen LogP contribution in [0, 0.1) is 5.82 Å². The van der Waals surface area contributed by atoms with E-state index in [0.717, 1.165) is 27.1 Å². The lowest BCUT2D eigenvalue weighted by molar-refractivity contribution is 0.601. The van der Waals surface area contributed by atoms with Gasteiger partial charge in [-0.1, -0.05) is 22.0 Å². The lowest BCUT2D eigenvalue weighted by Gasteiger charge is -2.11. The second-order valence-electron chi connectivity index (χ2n) is 5.52. The number of halogens is 2. The molecule has 8 heteroatoms. The van der Waals surface area contributed by atoms with Crippen LogP contribution in [-0.2, 0) is 13.0 Å². The molecule has 5 nitrogen and oxygen atoms in total. The number of aromatic nitrogens is 2. The van der Waals surface area contributed by atoms with Crippen LogP contribution in [0.3, 0.4) is 0 Å². The molecule has 1 aromatic carbocycles. The number of nitrogens with one attached hydrogen (secondary N) is 2. The lowest BCUT2D eigenvalue weighted by atomic mass is 10.1. The lowest BCUT2D eigenvalue weighted by Crippen LogP contribution is -2.37. The number of thiazole rings is 1. The van der Waals surface area contributed by atoms with Crippen LogP contribution < -0.4 is 10.6 Å². The van der Waals surface area contributed by atoms with Gasteiger partial charge in [-0.05, 0) is 30.5 Å². The van der Waals surface area contributed by atoms with Crippen LogP contribution in [0.4, 0.5) is 4.39 Å². The van der Waals surface area contributed by atoms with Crippen molar-refractivity contribution in [1.29, 1.82) is 0 Å². The summed E-state index contributed by atoms with van der Waals surface area (Å²) in [6.45, 7) is 1.32. The van der Waals surface area contributed by atoms with Crippen LogP contribution in [0.1, 0.15) is 17.7 Å². The molecule has 0 bridgehead atoms. The minimum absolute atomic E-state index is 0.170. The first kappa shape index (κ1) is 17.9. The number of hydrogen-bond donors (Lipinski definition) is 2. The first-order chi connectivity index (χ1) is 12.2. The SMILES string of the molecule is CN=C(NCCCc1ccc(Br)cc1F)NCc1cn2ccsc2n1. The molecule has 2 heterocycles. The Balaban J connectivity index is 1.42. The molecule has 0 aliphatic rings. The van der Waals surface area contributed by atoms with Gasteiger partial charge in [0.1, 0.15) is 5.82 Å². The second-order valence-corrected chi connectivity index (χ2v) is 7.31. The molecule has 0 aliphatic heterocycles. The van der Waals surface area contributed by atoms with Crippen molar-refractivity contribution in [3.8, 4) is 0 Å². The number of aliphatic imine (C=N–C) groups is 1. The van der Waals surface area contributed by atoms with E-state index in [1.165, 1.54) is 6.07 Å². The molecule has 3 rings (SSSR count). The second kappa shape index (κ2) is 8.44. The maximum absolute atomic E-state index is 13.8. The average Bonchev–Trinajstić information content (AvgIpc) is 3.17. The van der Waals surface area contributed by atoms with E-state index in [1.54, 1.807) is 18.4 Å². The van der Waals surface area contributed by atoms with E-state index in [0.29, 0.717) is 25.5 Å². The van der Waals surface area contributed by atoms with E-state index >= 15 is 0 Å². The van der Waals surface area contributed by atoms with Crippen molar-refractivity contribution in [3.63, 3.8) is 0 Å². The van der Waals surface area contributed by atoms with Crippen molar-refractivity contribution in [2.75, 3.05) is 13.6 Å². The van der Waals surface area contributed by atoms with Gasteiger partial charge in [-0.25, -0.2) is 9.37 Å². The Morgan fingerprint density at radius 3 is 3.04 bits per heavy atom. The molecule has 2 N–H and O–H groups in total. The van der Waals surface area contributed by atoms with Crippen LogP contribution in [0.2, 0.25) is 0 Å². The highest BCUT2D eigenvalue weighted by molar-refractivity contribution is 9.10. The van der Waals surface area contributed by atoms with Crippen molar-refractivity contribution in [3.05, 3.63) is 57.5 Å². The normalized spacial score (nSPS) is 11.9. The smallest absolute Gasteiger partial charge is 0.193 e. The fourth-order valence-corrected chi connectivity index (χ4v) is 3.52. The largest absolute Gasteiger partial charge is 0.356 e. The maximum atomic E-state index is 13.8. The van der Waals surface area contributed by atoms with E-state index in [2.05, 4.69) is 36.5 Å². The van der Waals surface area contributed by atoms with Crippen molar-refractivity contribution in [2.45, 2.75) is 19.4 Å². The number of guanidine groups is 1. The highest BCUT2D eigenvalue weighted by Crippen LogP contribution is 2.16. The zero-order valence-electron chi connectivity index (χ0n) is 13.8. The molecular weight excluding hydrogens is 405 g/mol. The van der Waals surface area contributed by atoms with E-state index < -0.39 is 0 Å². The number of fused-ring (bicyclic) bond motifs is 1. The molecule has 0 amide bonds. The summed E-state index contributed by atoms with van der Waals surface area (Å²) >= 11 is 4.88. The van der Waals surface area contributed by atoms with Gasteiger partial charge in [0.05, 0.1) is 12.2 Å². The van der Waals surface area contributed by atoms with Crippen LogP contribution >= 0.6 is 27.3 Å². The molecule has 0 unspecified atom stereocenters. The number of aryl methyl sites for hydroxylation is 1. The average molecular weight is 424 g/mol. The van der Waals surface area contributed by atoms with Gasteiger partial charge in [0.25, 0.3) is 0 Å². The van der Waals surface area contributed by atoms with Crippen molar-refractivity contribution < 1.29 is 4.39 Å². The number of nitrogens with zero attached hydrogens (tertiary/aromatic N) is 3. The van der Waals surface area contributed by atoms with Gasteiger partial charge in [0.2, 0.25) is 0 Å². The summed E-state index contributed by atoms with van der Waals surface area (Å²) in [6, 6.07) is 5.18. The van der Waals surface area contributed by atoms with Crippen molar-refractivity contribution in [1.82, 2.24) is 20.0 Å². The highest BCUT2D eigenvalue weighted by atomic mass is 79.9. The number of imidazole rings is 1. The predicted octanol–water partition coefficient (Wildman–Crippen LogP) is 3.60. The fraction of sp³-hybridized carbons (Fsp3) is 0.294. The molecule has 25 heavy (non-hydrogen) atoms. The highest BCUT2D eigenvalue weighted by Gasteiger charge is 2.05. The van der Waals surface area contributed by atoms with Gasteiger partial charge in [0.15, 0.2) is 10.9 Å². The van der Waals surface area contributed by atoms with E-state index in [1.807, 2.05) is 34.3 Å². The fourth-order valence-electron chi connectivity index (χ4n) is 2.47. The monoisotopic (exact) mass is 423 g/mol. The Kier molecular flexibility index (Phi) is 6.04. The Labute approximate surface area is 158 Å². The third-order valence-corrected chi connectivity index (χ3v) is 5.00. The number of benzene rings is 1. The van der Waals surface area contributed by atoms with Gasteiger partial charge >= 0.3 is 0 Å². The quantitative estimate of drug-likeness (QED) is 0.361. The maximum Gasteiger partial charge on any atom is 0.193 e. The van der Waals surface area contributed by atoms with Gasteiger partial charge < -0.3 is 10.6 Å². The van der Waals surface area contributed by atoms with Gasteiger partial charge in [-0.15, -0.1) is 11.3 Å². The summed E-state index contributed by atoms with van der Waals surface area (Å²) in [5.41, 5.74) is 1.69. The number of hydrogen-bond acceptors (Lipinski definition) is 3. The van der Waals surface area contributed by atoms with Crippen LogP contribution in [0.25, 0.3) is 4.96 Å². The van der Waals surface area contributed by atoms with E-state index in [4.69, 9.17) is 0 Å². The molecule has 0 fully saturated rings. The topological polar surface area (TPSA) is 53.7 Å².